The molecule has 2 aliphatic rings. The standard InChI is InChI=1S/C16H21FN2O3/c1-18-10-16(12-21-9-15(18)20)11-19(6-7-22-16)8-13-4-2-3-5-14(13)17/h2-5H,6-12H2,1H3. The molecule has 0 aromatic heterocycles. The van der Waals surface area contributed by atoms with Crippen LogP contribution < -0.4 is 0 Å². The zero-order valence-electron chi connectivity index (χ0n) is 12.8. The van der Waals surface area contributed by atoms with Crippen LogP contribution in [0.25, 0.3) is 0 Å². The number of hydrogen-bond donors (Lipinski definition) is 0. The van der Waals surface area contributed by atoms with Crippen LogP contribution in [-0.2, 0) is 20.8 Å². The first-order valence-corrected chi connectivity index (χ1v) is 7.49. The minimum absolute atomic E-state index is 0.0355. The van der Waals surface area contributed by atoms with Gasteiger partial charge in [-0.05, 0) is 6.07 Å². The van der Waals surface area contributed by atoms with Crippen molar-refractivity contribution in [2.24, 2.45) is 0 Å². The number of hydrogen-bond acceptors (Lipinski definition) is 4. The summed E-state index contributed by atoms with van der Waals surface area (Å²) in [4.78, 5) is 15.6. The third kappa shape index (κ3) is 3.29. The lowest BCUT2D eigenvalue weighted by molar-refractivity contribution is -0.143. The largest absolute Gasteiger partial charge is 0.369 e. The normalized spacial score (nSPS) is 27.2. The first kappa shape index (κ1) is 15.4. The average molecular weight is 308 g/mol. The molecule has 0 radical (unpaired) electrons. The molecule has 2 fully saturated rings. The van der Waals surface area contributed by atoms with Gasteiger partial charge in [0.2, 0.25) is 5.91 Å². The van der Waals surface area contributed by atoms with Crippen molar-refractivity contribution in [3.05, 3.63) is 35.6 Å². The van der Waals surface area contributed by atoms with Gasteiger partial charge in [-0.25, -0.2) is 4.39 Å². The van der Waals surface area contributed by atoms with Crippen LogP contribution >= 0.6 is 0 Å². The number of morpholine rings is 1. The number of ether oxygens (including phenoxy) is 2. The number of carbonyl (C=O) groups excluding carboxylic acids is 1. The van der Waals surface area contributed by atoms with E-state index in [1.165, 1.54) is 6.07 Å². The van der Waals surface area contributed by atoms with E-state index < -0.39 is 5.60 Å². The first-order valence-electron chi connectivity index (χ1n) is 7.49. The molecular weight excluding hydrogens is 287 g/mol. The molecule has 0 N–H and O–H groups in total. The van der Waals surface area contributed by atoms with Crippen molar-refractivity contribution in [1.82, 2.24) is 9.80 Å². The van der Waals surface area contributed by atoms with E-state index in [0.29, 0.717) is 38.4 Å². The van der Waals surface area contributed by atoms with E-state index in [4.69, 9.17) is 9.47 Å². The summed E-state index contributed by atoms with van der Waals surface area (Å²) < 4.78 is 25.2. The quantitative estimate of drug-likeness (QED) is 0.813. The van der Waals surface area contributed by atoms with Crippen LogP contribution in [0.5, 0.6) is 0 Å². The molecule has 120 valence electrons. The maximum absolute atomic E-state index is 13.8. The van der Waals surface area contributed by atoms with Crippen LogP contribution in [0, 0.1) is 5.82 Å². The van der Waals surface area contributed by atoms with Crippen molar-refractivity contribution in [2.45, 2.75) is 12.1 Å². The predicted octanol–water partition coefficient (Wildman–Crippen LogP) is 0.885. The fourth-order valence-corrected chi connectivity index (χ4v) is 3.11. The Bertz CT molecular complexity index is 554. The number of carbonyl (C=O) groups is 1. The van der Waals surface area contributed by atoms with Crippen LogP contribution in [0.2, 0.25) is 0 Å². The molecule has 0 aliphatic carbocycles. The molecule has 3 rings (SSSR count). The van der Waals surface area contributed by atoms with E-state index in [2.05, 4.69) is 4.90 Å². The maximum atomic E-state index is 13.8. The van der Waals surface area contributed by atoms with Gasteiger partial charge in [0.1, 0.15) is 18.0 Å². The van der Waals surface area contributed by atoms with Gasteiger partial charge in [0.25, 0.3) is 0 Å². The van der Waals surface area contributed by atoms with Gasteiger partial charge in [-0.2, -0.15) is 0 Å². The molecule has 1 unspecified atom stereocenters. The van der Waals surface area contributed by atoms with E-state index in [-0.39, 0.29) is 18.3 Å². The third-order valence-electron chi connectivity index (χ3n) is 4.22. The Morgan fingerprint density at radius 3 is 2.95 bits per heavy atom. The number of nitrogens with zero attached hydrogens (tertiary/aromatic N) is 2. The van der Waals surface area contributed by atoms with Gasteiger partial charge < -0.3 is 14.4 Å². The maximum Gasteiger partial charge on any atom is 0.248 e. The number of benzene rings is 1. The molecule has 2 aliphatic heterocycles. The Kier molecular flexibility index (Phi) is 4.42. The SMILES string of the molecule is CN1CC2(COCC1=O)CN(Cc1ccccc1F)CCO2. The highest BCUT2D eigenvalue weighted by Crippen LogP contribution is 2.24. The van der Waals surface area contributed by atoms with Crippen LogP contribution in [0.1, 0.15) is 5.56 Å². The van der Waals surface area contributed by atoms with E-state index in [1.54, 1.807) is 24.1 Å². The second-order valence-electron chi connectivity index (χ2n) is 6.08. The highest BCUT2D eigenvalue weighted by Gasteiger charge is 2.41. The molecule has 22 heavy (non-hydrogen) atoms. The zero-order valence-corrected chi connectivity index (χ0v) is 12.8. The number of amides is 1. The summed E-state index contributed by atoms with van der Waals surface area (Å²) in [5.74, 6) is -0.223. The van der Waals surface area contributed by atoms with Crippen molar-refractivity contribution < 1.29 is 18.7 Å². The summed E-state index contributed by atoms with van der Waals surface area (Å²) in [5, 5.41) is 0. The molecule has 1 amide bonds. The predicted molar refractivity (Wildman–Crippen MR) is 78.8 cm³/mol. The minimum atomic E-state index is -0.523. The van der Waals surface area contributed by atoms with E-state index in [9.17, 15) is 9.18 Å². The molecule has 2 saturated heterocycles. The molecule has 1 aromatic rings. The molecule has 1 atom stereocenters. The molecule has 2 heterocycles. The third-order valence-corrected chi connectivity index (χ3v) is 4.22. The van der Waals surface area contributed by atoms with Gasteiger partial charge >= 0.3 is 0 Å². The Morgan fingerprint density at radius 2 is 2.14 bits per heavy atom. The van der Waals surface area contributed by atoms with Gasteiger partial charge in [-0.1, -0.05) is 18.2 Å². The lowest BCUT2D eigenvalue weighted by atomic mass is 10.0. The fraction of sp³-hybridized carbons (Fsp3) is 0.562. The van der Waals surface area contributed by atoms with Gasteiger partial charge in [0, 0.05) is 32.2 Å². The molecule has 6 heteroatoms. The second-order valence-corrected chi connectivity index (χ2v) is 6.08. The van der Waals surface area contributed by atoms with E-state index in [1.807, 2.05) is 6.07 Å². The molecular formula is C16H21FN2O3. The molecule has 1 aromatic carbocycles. The summed E-state index contributed by atoms with van der Waals surface area (Å²) >= 11 is 0. The number of likely N-dealkylation sites (N-methyl/N-ethyl adjacent to an activating group) is 1. The van der Waals surface area contributed by atoms with Crippen molar-refractivity contribution in [2.75, 3.05) is 46.5 Å². The summed E-state index contributed by atoms with van der Waals surface area (Å²) in [6.45, 7) is 3.44. The van der Waals surface area contributed by atoms with Crippen molar-refractivity contribution in [1.29, 1.82) is 0 Å². The Morgan fingerprint density at radius 1 is 1.32 bits per heavy atom. The highest BCUT2D eigenvalue weighted by molar-refractivity contribution is 5.77. The topological polar surface area (TPSA) is 42.0 Å². The summed E-state index contributed by atoms with van der Waals surface area (Å²) in [6, 6.07) is 6.82. The van der Waals surface area contributed by atoms with Crippen LogP contribution in [0.4, 0.5) is 4.39 Å². The van der Waals surface area contributed by atoms with Crippen LogP contribution in [0.15, 0.2) is 24.3 Å². The lowest BCUT2D eigenvalue weighted by Gasteiger charge is -2.42. The second kappa shape index (κ2) is 6.32. The highest BCUT2D eigenvalue weighted by atomic mass is 19.1. The minimum Gasteiger partial charge on any atom is -0.369 e. The monoisotopic (exact) mass is 308 g/mol. The lowest BCUT2D eigenvalue weighted by Crippen LogP contribution is -2.58. The van der Waals surface area contributed by atoms with Gasteiger partial charge in [0.05, 0.1) is 19.8 Å². The van der Waals surface area contributed by atoms with E-state index in [0.717, 1.165) is 6.54 Å². The van der Waals surface area contributed by atoms with Crippen molar-refractivity contribution in [3.8, 4) is 0 Å². The van der Waals surface area contributed by atoms with Crippen molar-refractivity contribution >= 4 is 5.91 Å². The summed E-state index contributed by atoms with van der Waals surface area (Å²) in [7, 11) is 1.76. The van der Waals surface area contributed by atoms with E-state index >= 15 is 0 Å². The first-order chi connectivity index (χ1) is 10.6. The van der Waals surface area contributed by atoms with Crippen LogP contribution in [-0.4, -0.2) is 67.8 Å². The average Bonchev–Trinajstić information content (AvgIpc) is 2.61. The van der Waals surface area contributed by atoms with Crippen molar-refractivity contribution in [3.63, 3.8) is 0 Å². The summed E-state index contributed by atoms with van der Waals surface area (Å²) in [5.41, 5.74) is 0.156. The summed E-state index contributed by atoms with van der Waals surface area (Å²) in [6.07, 6.45) is 0. The number of halogens is 1. The smallest absolute Gasteiger partial charge is 0.248 e. The number of rotatable bonds is 2. The van der Waals surface area contributed by atoms with Gasteiger partial charge in [-0.15, -0.1) is 0 Å². The molecule has 5 nitrogen and oxygen atoms in total. The Hall–Kier alpha value is -1.50. The molecule has 0 saturated carbocycles. The molecule has 1 spiro atoms. The van der Waals surface area contributed by atoms with Gasteiger partial charge in [0.15, 0.2) is 0 Å². The Labute approximate surface area is 129 Å². The zero-order chi connectivity index (χ0) is 15.6. The van der Waals surface area contributed by atoms with Crippen LogP contribution in [0.3, 0.4) is 0 Å². The molecule has 0 bridgehead atoms. The van der Waals surface area contributed by atoms with Gasteiger partial charge in [-0.3, -0.25) is 9.69 Å². The Balaban J connectivity index is 1.71. The fourth-order valence-electron chi connectivity index (χ4n) is 3.11.